The number of para-hydroxylation sites is 2. The number of hydrogen-bond donors (Lipinski definition) is 0. The van der Waals surface area contributed by atoms with Crippen molar-refractivity contribution in [3.8, 4) is 5.75 Å². The topological polar surface area (TPSA) is 53.1 Å². The van der Waals surface area contributed by atoms with Crippen molar-refractivity contribution in [2.24, 2.45) is 0 Å². The van der Waals surface area contributed by atoms with E-state index in [2.05, 4.69) is 16.8 Å². The molecule has 3 rings (SSSR count). The second kappa shape index (κ2) is 6.06. The van der Waals surface area contributed by atoms with Crippen molar-refractivity contribution in [2.45, 2.75) is 12.5 Å². The lowest BCUT2D eigenvalue weighted by Crippen LogP contribution is -2.51. The standard InChI is InChI=1S/C16H21N3O3/c1-17-7-9-18(10-8-17)13-11-15(20)19(16(13)21)12-5-3-4-6-14(12)22-2/h3-6,13H,7-11H2,1-2H3. The van der Waals surface area contributed by atoms with E-state index in [4.69, 9.17) is 4.74 Å². The number of anilines is 1. The van der Waals surface area contributed by atoms with Gasteiger partial charge in [0.2, 0.25) is 5.91 Å². The molecule has 0 saturated carbocycles. The summed E-state index contributed by atoms with van der Waals surface area (Å²) >= 11 is 0. The lowest BCUT2D eigenvalue weighted by Gasteiger charge is -2.35. The van der Waals surface area contributed by atoms with Gasteiger partial charge in [-0.3, -0.25) is 14.5 Å². The Morgan fingerprint density at radius 1 is 1.09 bits per heavy atom. The molecule has 118 valence electrons. The Kier molecular flexibility index (Phi) is 4.13. The van der Waals surface area contributed by atoms with Crippen LogP contribution in [0.2, 0.25) is 0 Å². The van der Waals surface area contributed by atoms with Gasteiger partial charge in [0.15, 0.2) is 0 Å². The Bertz CT molecular complexity index is 582. The van der Waals surface area contributed by atoms with Gasteiger partial charge in [-0.05, 0) is 19.2 Å². The van der Waals surface area contributed by atoms with Crippen molar-refractivity contribution in [1.82, 2.24) is 9.80 Å². The van der Waals surface area contributed by atoms with Crippen molar-refractivity contribution in [3.63, 3.8) is 0 Å². The molecule has 6 heteroatoms. The molecule has 2 saturated heterocycles. The Morgan fingerprint density at radius 2 is 1.77 bits per heavy atom. The summed E-state index contributed by atoms with van der Waals surface area (Å²) in [7, 11) is 3.61. The van der Waals surface area contributed by atoms with E-state index in [0.717, 1.165) is 26.2 Å². The van der Waals surface area contributed by atoms with Gasteiger partial charge in [-0.25, -0.2) is 4.90 Å². The smallest absolute Gasteiger partial charge is 0.251 e. The summed E-state index contributed by atoms with van der Waals surface area (Å²) in [6, 6.07) is 6.80. The molecule has 0 aliphatic carbocycles. The summed E-state index contributed by atoms with van der Waals surface area (Å²) in [6.07, 6.45) is 0.251. The van der Waals surface area contributed by atoms with Crippen LogP contribution >= 0.6 is 0 Å². The normalized spacial score (nSPS) is 24.1. The summed E-state index contributed by atoms with van der Waals surface area (Å²) < 4.78 is 5.28. The lowest BCUT2D eigenvalue weighted by atomic mass is 10.2. The first-order valence-corrected chi connectivity index (χ1v) is 7.54. The lowest BCUT2D eigenvalue weighted by molar-refractivity contribution is -0.123. The summed E-state index contributed by atoms with van der Waals surface area (Å²) in [4.78, 5) is 30.8. The zero-order chi connectivity index (χ0) is 15.7. The molecule has 2 heterocycles. The van der Waals surface area contributed by atoms with E-state index in [9.17, 15) is 9.59 Å². The van der Waals surface area contributed by atoms with Crippen molar-refractivity contribution in [3.05, 3.63) is 24.3 Å². The van der Waals surface area contributed by atoms with Gasteiger partial charge >= 0.3 is 0 Å². The summed E-state index contributed by atoms with van der Waals surface area (Å²) in [5, 5.41) is 0. The number of rotatable bonds is 3. The Hall–Kier alpha value is -1.92. The number of hydrogen-bond acceptors (Lipinski definition) is 5. The molecule has 1 aromatic rings. The van der Waals surface area contributed by atoms with E-state index in [1.165, 1.54) is 4.90 Å². The number of benzene rings is 1. The fraction of sp³-hybridized carbons (Fsp3) is 0.500. The van der Waals surface area contributed by atoms with Crippen LogP contribution < -0.4 is 9.64 Å². The van der Waals surface area contributed by atoms with E-state index in [1.54, 1.807) is 19.2 Å². The maximum atomic E-state index is 12.8. The van der Waals surface area contributed by atoms with Gasteiger partial charge < -0.3 is 9.64 Å². The summed E-state index contributed by atoms with van der Waals surface area (Å²) in [6.45, 7) is 3.49. The first-order valence-electron chi connectivity index (χ1n) is 7.54. The summed E-state index contributed by atoms with van der Waals surface area (Å²) in [5.41, 5.74) is 0.539. The molecule has 22 heavy (non-hydrogen) atoms. The van der Waals surface area contributed by atoms with Gasteiger partial charge in [0.05, 0.1) is 25.3 Å². The number of methoxy groups -OCH3 is 1. The van der Waals surface area contributed by atoms with Crippen LogP contribution in [0.4, 0.5) is 5.69 Å². The largest absolute Gasteiger partial charge is 0.495 e. The van der Waals surface area contributed by atoms with Crippen molar-refractivity contribution >= 4 is 17.5 Å². The minimum Gasteiger partial charge on any atom is -0.495 e. The molecule has 2 aliphatic heterocycles. The molecule has 2 amide bonds. The molecule has 1 unspecified atom stereocenters. The predicted octanol–water partition coefficient (Wildman–Crippen LogP) is 0.574. The monoisotopic (exact) mass is 303 g/mol. The molecule has 6 nitrogen and oxygen atoms in total. The molecular formula is C16H21N3O3. The number of piperazine rings is 1. The molecule has 0 aromatic heterocycles. The third-order valence-electron chi connectivity index (χ3n) is 4.43. The highest BCUT2D eigenvalue weighted by molar-refractivity contribution is 6.23. The quantitative estimate of drug-likeness (QED) is 0.764. The SMILES string of the molecule is COc1ccccc1N1C(=O)CC(N2CCN(C)CC2)C1=O. The number of imide groups is 1. The molecule has 0 N–H and O–H groups in total. The van der Waals surface area contributed by atoms with Gasteiger partial charge in [0.1, 0.15) is 5.75 Å². The number of amides is 2. The minimum atomic E-state index is -0.342. The Morgan fingerprint density at radius 3 is 2.45 bits per heavy atom. The second-order valence-electron chi connectivity index (χ2n) is 5.80. The number of ether oxygens (including phenoxy) is 1. The third-order valence-corrected chi connectivity index (χ3v) is 4.43. The number of nitrogens with zero attached hydrogens (tertiary/aromatic N) is 3. The first kappa shape index (κ1) is 15.0. The van der Waals surface area contributed by atoms with Crippen LogP contribution in [0.5, 0.6) is 5.75 Å². The average Bonchev–Trinajstić information content (AvgIpc) is 2.83. The highest BCUT2D eigenvalue weighted by Crippen LogP contribution is 2.33. The molecule has 1 atom stereocenters. The highest BCUT2D eigenvalue weighted by atomic mass is 16.5. The molecule has 2 fully saturated rings. The van der Waals surface area contributed by atoms with Crippen LogP contribution in [-0.2, 0) is 9.59 Å². The fourth-order valence-electron chi connectivity index (χ4n) is 3.10. The third kappa shape index (κ3) is 2.60. The van der Waals surface area contributed by atoms with E-state index in [-0.39, 0.29) is 24.3 Å². The van der Waals surface area contributed by atoms with E-state index in [1.807, 2.05) is 12.1 Å². The summed E-state index contributed by atoms with van der Waals surface area (Å²) in [5.74, 6) is 0.251. The Labute approximate surface area is 130 Å². The maximum absolute atomic E-state index is 12.8. The van der Waals surface area contributed by atoms with Crippen LogP contribution in [0.3, 0.4) is 0 Å². The zero-order valence-corrected chi connectivity index (χ0v) is 13.0. The molecule has 0 bridgehead atoms. The van der Waals surface area contributed by atoms with Gasteiger partial charge in [-0.15, -0.1) is 0 Å². The van der Waals surface area contributed by atoms with Gasteiger partial charge in [-0.2, -0.15) is 0 Å². The number of likely N-dealkylation sites (N-methyl/N-ethyl adjacent to an activating group) is 1. The highest BCUT2D eigenvalue weighted by Gasteiger charge is 2.43. The maximum Gasteiger partial charge on any atom is 0.251 e. The van der Waals surface area contributed by atoms with Crippen molar-refractivity contribution in [1.29, 1.82) is 0 Å². The molecule has 2 aliphatic rings. The van der Waals surface area contributed by atoms with Gasteiger partial charge in [0.25, 0.3) is 5.91 Å². The molecule has 0 spiro atoms. The number of carbonyl (C=O) groups is 2. The van der Waals surface area contributed by atoms with Gasteiger partial charge in [-0.1, -0.05) is 12.1 Å². The molecular weight excluding hydrogens is 282 g/mol. The zero-order valence-electron chi connectivity index (χ0n) is 13.0. The molecule has 1 aromatic carbocycles. The minimum absolute atomic E-state index is 0.140. The van der Waals surface area contributed by atoms with E-state index >= 15 is 0 Å². The van der Waals surface area contributed by atoms with Crippen LogP contribution in [-0.4, -0.2) is 68.0 Å². The fourth-order valence-corrected chi connectivity index (χ4v) is 3.10. The predicted molar refractivity (Wildman–Crippen MR) is 83.0 cm³/mol. The van der Waals surface area contributed by atoms with Crippen molar-refractivity contribution < 1.29 is 14.3 Å². The van der Waals surface area contributed by atoms with Crippen LogP contribution in [0, 0.1) is 0 Å². The second-order valence-corrected chi connectivity index (χ2v) is 5.80. The Balaban J connectivity index is 1.82. The van der Waals surface area contributed by atoms with Crippen LogP contribution in [0.1, 0.15) is 6.42 Å². The van der Waals surface area contributed by atoms with Crippen LogP contribution in [0.25, 0.3) is 0 Å². The average molecular weight is 303 g/mol. The number of carbonyl (C=O) groups excluding carboxylic acids is 2. The van der Waals surface area contributed by atoms with Crippen LogP contribution in [0.15, 0.2) is 24.3 Å². The first-order chi connectivity index (χ1) is 10.6. The van der Waals surface area contributed by atoms with Gasteiger partial charge in [0, 0.05) is 26.2 Å². The molecule has 0 radical (unpaired) electrons. The van der Waals surface area contributed by atoms with E-state index < -0.39 is 0 Å². The van der Waals surface area contributed by atoms with E-state index in [0.29, 0.717) is 11.4 Å². The van der Waals surface area contributed by atoms with Crippen molar-refractivity contribution in [2.75, 3.05) is 45.2 Å².